The average molecular weight is 561 g/mol. The lowest BCUT2D eigenvalue weighted by molar-refractivity contribution is 0.204. The zero-order valence-corrected chi connectivity index (χ0v) is 23.1. The van der Waals surface area contributed by atoms with Gasteiger partial charge in [0.2, 0.25) is 26.0 Å². The predicted molar refractivity (Wildman–Crippen MR) is 147 cm³/mol. The molecule has 1 heterocycles. The van der Waals surface area contributed by atoms with Crippen LogP contribution in [-0.4, -0.2) is 52.3 Å². The number of nitrogens with one attached hydrogen (secondary N) is 4. The zero-order valence-electron chi connectivity index (χ0n) is 21.5. The molecule has 1 aromatic heterocycles. The van der Waals surface area contributed by atoms with E-state index in [1.54, 1.807) is 25.3 Å². The Balaban J connectivity index is 1.47. The van der Waals surface area contributed by atoms with Crippen molar-refractivity contribution in [3.8, 4) is 0 Å². The maximum absolute atomic E-state index is 12.7. The van der Waals surface area contributed by atoms with Gasteiger partial charge in [-0.05, 0) is 62.1 Å². The molecule has 0 saturated heterocycles. The Bertz CT molecular complexity index is 1510. The molecule has 1 fully saturated rings. The molecule has 0 bridgehead atoms. The first kappa shape index (κ1) is 27.9. The first-order valence-electron chi connectivity index (χ1n) is 12.1. The molecule has 1 aliphatic rings. The first-order valence-corrected chi connectivity index (χ1v) is 15.1. The minimum absolute atomic E-state index is 0.151. The molecule has 0 atom stereocenters. The fraction of sp³-hybridized carbons (Fsp3) is 0.360. The van der Waals surface area contributed by atoms with E-state index in [4.69, 9.17) is 4.74 Å². The van der Waals surface area contributed by atoms with Gasteiger partial charge in [-0.15, -0.1) is 0 Å². The molecule has 0 aliphatic heterocycles. The second kappa shape index (κ2) is 11.7. The minimum atomic E-state index is -3.72. The summed E-state index contributed by atoms with van der Waals surface area (Å²) >= 11 is 0. The Kier molecular flexibility index (Phi) is 8.63. The summed E-state index contributed by atoms with van der Waals surface area (Å²) in [5, 5.41) is 6.06. The number of rotatable bonds is 13. The Labute approximate surface area is 223 Å². The van der Waals surface area contributed by atoms with Crippen molar-refractivity contribution in [3.63, 3.8) is 0 Å². The molecule has 0 amide bonds. The number of nitrogens with zero attached hydrogens (tertiary/aromatic N) is 2. The van der Waals surface area contributed by atoms with Gasteiger partial charge < -0.3 is 15.4 Å². The lowest BCUT2D eigenvalue weighted by Crippen LogP contribution is -2.27. The minimum Gasteiger partial charge on any atom is -0.383 e. The van der Waals surface area contributed by atoms with Crippen molar-refractivity contribution in [2.45, 2.75) is 43.4 Å². The number of methoxy groups -OCH3 is 1. The third-order valence-corrected chi connectivity index (χ3v) is 9.43. The number of hydrogen-bond acceptors (Lipinski definition) is 9. The van der Waals surface area contributed by atoms with Crippen molar-refractivity contribution in [3.05, 3.63) is 65.4 Å². The SMILES string of the molecule is COCCNS(=O)(=O)c1cc(Nc2ncc(C)c(Nc3cccc(CNS(=O)(=O)C4CC4)c3)n2)ccc1C. The highest BCUT2D eigenvalue weighted by atomic mass is 32.2. The van der Waals surface area contributed by atoms with Crippen LogP contribution < -0.4 is 20.1 Å². The molecule has 204 valence electrons. The molecule has 4 N–H and O–H groups in total. The molecule has 38 heavy (non-hydrogen) atoms. The number of anilines is 4. The number of benzene rings is 2. The number of ether oxygens (including phenoxy) is 1. The summed E-state index contributed by atoms with van der Waals surface area (Å²) in [6, 6.07) is 12.4. The predicted octanol–water partition coefficient (Wildman–Crippen LogP) is 3.09. The standard InChI is InChI=1S/C25H32N6O5S2/c1-17-7-8-21(14-23(17)38(34,35)27-11-12-36-3)30-25-26-15-18(2)24(31-25)29-20-6-4-5-19(13-20)16-28-37(32,33)22-9-10-22/h4-8,13-15,22,27-28H,9-12,16H2,1-3H3,(H2,26,29,30,31). The average Bonchev–Trinajstić information content (AvgIpc) is 3.73. The Morgan fingerprint density at radius 3 is 2.45 bits per heavy atom. The lowest BCUT2D eigenvalue weighted by Gasteiger charge is -2.14. The smallest absolute Gasteiger partial charge is 0.240 e. The summed E-state index contributed by atoms with van der Waals surface area (Å²) in [6.45, 7) is 4.23. The molecule has 13 heteroatoms. The molecule has 1 aliphatic carbocycles. The van der Waals surface area contributed by atoms with Crippen LogP contribution in [-0.2, 0) is 31.3 Å². The molecule has 1 saturated carbocycles. The van der Waals surface area contributed by atoms with Gasteiger partial charge in [0, 0.05) is 43.3 Å². The molecular weight excluding hydrogens is 528 g/mol. The van der Waals surface area contributed by atoms with E-state index in [0.717, 1.165) is 16.8 Å². The van der Waals surface area contributed by atoms with Gasteiger partial charge in [-0.2, -0.15) is 4.98 Å². The van der Waals surface area contributed by atoms with Crippen molar-refractivity contribution in [2.75, 3.05) is 30.9 Å². The van der Waals surface area contributed by atoms with Crippen LogP contribution in [0.15, 0.2) is 53.6 Å². The highest BCUT2D eigenvalue weighted by Gasteiger charge is 2.35. The zero-order chi connectivity index (χ0) is 27.3. The molecule has 4 rings (SSSR count). The van der Waals surface area contributed by atoms with E-state index in [1.165, 1.54) is 13.2 Å². The largest absolute Gasteiger partial charge is 0.383 e. The highest BCUT2D eigenvalue weighted by molar-refractivity contribution is 7.90. The van der Waals surface area contributed by atoms with E-state index >= 15 is 0 Å². The van der Waals surface area contributed by atoms with Crippen LogP contribution in [0.5, 0.6) is 0 Å². The van der Waals surface area contributed by atoms with Crippen molar-refractivity contribution in [1.82, 2.24) is 19.4 Å². The topological polar surface area (TPSA) is 151 Å². The van der Waals surface area contributed by atoms with E-state index in [-0.39, 0.29) is 35.8 Å². The molecule has 0 spiro atoms. The van der Waals surface area contributed by atoms with Crippen LogP contribution >= 0.6 is 0 Å². The van der Waals surface area contributed by atoms with Gasteiger partial charge in [0.25, 0.3) is 0 Å². The van der Waals surface area contributed by atoms with E-state index < -0.39 is 20.0 Å². The summed E-state index contributed by atoms with van der Waals surface area (Å²) in [6.07, 6.45) is 3.08. The van der Waals surface area contributed by atoms with Gasteiger partial charge in [-0.1, -0.05) is 18.2 Å². The lowest BCUT2D eigenvalue weighted by atomic mass is 10.2. The van der Waals surface area contributed by atoms with Crippen LogP contribution in [0.25, 0.3) is 0 Å². The fourth-order valence-electron chi connectivity index (χ4n) is 3.66. The van der Waals surface area contributed by atoms with E-state index in [2.05, 4.69) is 30.0 Å². The van der Waals surface area contributed by atoms with E-state index in [1.807, 2.05) is 31.2 Å². The van der Waals surface area contributed by atoms with E-state index in [0.29, 0.717) is 29.9 Å². The van der Waals surface area contributed by atoms with Crippen LogP contribution in [0.2, 0.25) is 0 Å². The third kappa shape index (κ3) is 7.26. The summed E-state index contributed by atoms with van der Waals surface area (Å²) in [5.41, 5.74) is 3.47. The van der Waals surface area contributed by atoms with Crippen molar-refractivity contribution in [1.29, 1.82) is 0 Å². The van der Waals surface area contributed by atoms with Crippen LogP contribution in [0.4, 0.5) is 23.1 Å². The van der Waals surface area contributed by atoms with Gasteiger partial charge in [0.05, 0.1) is 16.8 Å². The summed E-state index contributed by atoms with van der Waals surface area (Å²) in [4.78, 5) is 9.04. The van der Waals surface area contributed by atoms with Gasteiger partial charge in [0.1, 0.15) is 5.82 Å². The molecular formula is C25H32N6O5S2. The molecule has 0 unspecified atom stereocenters. The number of aryl methyl sites for hydroxylation is 2. The van der Waals surface area contributed by atoms with Gasteiger partial charge >= 0.3 is 0 Å². The second-order valence-electron chi connectivity index (χ2n) is 9.11. The van der Waals surface area contributed by atoms with Gasteiger partial charge in [-0.25, -0.2) is 31.3 Å². The van der Waals surface area contributed by atoms with E-state index in [9.17, 15) is 16.8 Å². The molecule has 3 aromatic rings. The highest BCUT2D eigenvalue weighted by Crippen LogP contribution is 2.28. The number of sulfonamides is 2. The maximum Gasteiger partial charge on any atom is 0.240 e. The van der Waals surface area contributed by atoms with Gasteiger partial charge in [0.15, 0.2) is 0 Å². The first-order chi connectivity index (χ1) is 18.1. The van der Waals surface area contributed by atoms with Crippen molar-refractivity contribution < 1.29 is 21.6 Å². The van der Waals surface area contributed by atoms with Crippen LogP contribution in [0.3, 0.4) is 0 Å². The van der Waals surface area contributed by atoms with Crippen LogP contribution in [0.1, 0.15) is 29.5 Å². The van der Waals surface area contributed by atoms with Gasteiger partial charge in [-0.3, -0.25) is 0 Å². The summed E-state index contributed by atoms with van der Waals surface area (Å²) in [5.74, 6) is 0.838. The Morgan fingerprint density at radius 1 is 0.947 bits per heavy atom. The Morgan fingerprint density at radius 2 is 1.71 bits per heavy atom. The summed E-state index contributed by atoms with van der Waals surface area (Å²) in [7, 11) is -5.48. The maximum atomic E-state index is 12.7. The summed E-state index contributed by atoms with van der Waals surface area (Å²) < 4.78 is 59.8. The number of hydrogen-bond donors (Lipinski definition) is 4. The normalized spacial score (nSPS) is 13.9. The number of aromatic nitrogens is 2. The van der Waals surface area contributed by atoms with Crippen molar-refractivity contribution in [2.24, 2.45) is 0 Å². The van der Waals surface area contributed by atoms with Crippen molar-refractivity contribution >= 4 is 43.2 Å². The third-order valence-electron chi connectivity index (χ3n) is 5.93. The quantitative estimate of drug-likeness (QED) is 0.231. The molecule has 0 radical (unpaired) electrons. The molecule has 11 nitrogen and oxygen atoms in total. The van der Waals surface area contributed by atoms with Crippen LogP contribution in [0, 0.1) is 13.8 Å². The Hall–Kier alpha value is -3.10. The molecule has 2 aromatic carbocycles. The fourth-order valence-corrected chi connectivity index (χ4v) is 6.30. The monoisotopic (exact) mass is 560 g/mol. The second-order valence-corrected chi connectivity index (χ2v) is 12.9.